The smallest absolute Gasteiger partial charge is 0.0664 e. The Balaban J connectivity index is 2.55. The number of hydrogen-bond donors (Lipinski definition) is 1. The van der Waals surface area contributed by atoms with Gasteiger partial charge in [0.1, 0.15) is 0 Å². The second kappa shape index (κ2) is 5.12. The van der Waals surface area contributed by atoms with Crippen molar-refractivity contribution >= 4 is 0 Å². The molecule has 3 nitrogen and oxygen atoms in total. The lowest BCUT2D eigenvalue weighted by Gasteiger charge is -2.21. The maximum atomic E-state index is 10.1. The zero-order valence-electron chi connectivity index (χ0n) is 9.61. The molecular formula is C12H20N2O. The van der Waals surface area contributed by atoms with Crippen LogP contribution in [0, 0.1) is 0 Å². The molecule has 84 valence electrons. The van der Waals surface area contributed by atoms with Crippen molar-refractivity contribution < 1.29 is 5.11 Å². The lowest BCUT2D eigenvalue weighted by Crippen LogP contribution is -2.26. The highest BCUT2D eigenvalue weighted by molar-refractivity contribution is 5.07. The second-order valence-corrected chi connectivity index (χ2v) is 4.21. The number of aryl methyl sites for hydroxylation is 1. The number of aromatic nitrogens is 2. The van der Waals surface area contributed by atoms with Crippen molar-refractivity contribution in [2.75, 3.05) is 0 Å². The summed E-state index contributed by atoms with van der Waals surface area (Å²) in [6, 6.07) is 0. The van der Waals surface area contributed by atoms with Crippen molar-refractivity contribution in [2.24, 2.45) is 0 Å². The zero-order valence-corrected chi connectivity index (χ0v) is 9.61. The molecule has 0 saturated heterocycles. The largest absolute Gasteiger partial charge is 0.390 e. The lowest BCUT2D eigenvalue weighted by atomic mass is 9.93. The maximum absolute atomic E-state index is 10.1. The van der Waals surface area contributed by atoms with Gasteiger partial charge in [-0.2, -0.15) is 5.10 Å². The Hall–Kier alpha value is -1.09. The van der Waals surface area contributed by atoms with Gasteiger partial charge in [0.25, 0.3) is 0 Å². The van der Waals surface area contributed by atoms with E-state index in [4.69, 9.17) is 0 Å². The molecule has 1 aromatic heterocycles. The third-order valence-corrected chi connectivity index (χ3v) is 2.48. The summed E-state index contributed by atoms with van der Waals surface area (Å²) >= 11 is 0. The molecule has 15 heavy (non-hydrogen) atoms. The Bertz CT molecular complexity index is 315. The van der Waals surface area contributed by atoms with Crippen LogP contribution in [0.15, 0.2) is 25.0 Å². The third kappa shape index (κ3) is 3.88. The van der Waals surface area contributed by atoms with Gasteiger partial charge in [0.15, 0.2) is 0 Å². The van der Waals surface area contributed by atoms with Gasteiger partial charge in [0.2, 0.25) is 0 Å². The van der Waals surface area contributed by atoms with Gasteiger partial charge in [-0.25, -0.2) is 0 Å². The van der Waals surface area contributed by atoms with Crippen molar-refractivity contribution in [3.63, 3.8) is 0 Å². The van der Waals surface area contributed by atoms with Crippen LogP contribution in [0.25, 0.3) is 0 Å². The minimum Gasteiger partial charge on any atom is -0.390 e. The number of nitrogens with zero attached hydrogens (tertiary/aromatic N) is 2. The van der Waals surface area contributed by atoms with Crippen molar-refractivity contribution in [1.82, 2.24) is 9.78 Å². The summed E-state index contributed by atoms with van der Waals surface area (Å²) in [5.74, 6) is 0. The molecular weight excluding hydrogens is 188 g/mol. The van der Waals surface area contributed by atoms with E-state index in [1.807, 2.05) is 37.0 Å². The normalized spacial score (nSPS) is 14.9. The van der Waals surface area contributed by atoms with Gasteiger partial charge in [0.05, 0.1) is 11.8 Å². The first kappa shape index (κ1) is 12.0. The molecule has 1 unspecified atom stereocenters. The van der Waals surface area contributed by atoms with Crippen LogP contribution in [0.4, 0.5) is 0 Å². The van der Waals surface area contributed by atoms with Crippen LogP contribution in [0.1, 0.15) is 32.3 Å². The van der Waals surface area contributed by atoms with Crippen LogP contribution in [0.2, 0.25) is 0 Å². The molecule has 0 aliphatic carbocycles. The molecule has 0 aliphatic heterocycles. The quantitative estimate of drug-likeness (QED) is 0.727. The van der Waals surface area contributed by atoms with Gasteiger partial charge < -0.3 is 5.11 Å². The van der Waals surface area contributed by atoms with Crippen molar-refractivity contribution in [1.29, 1.82) is 0 Å². The van der Waals surface area contributed by atoms with Crippen LogP contribution in [-0.4, -0.2) is 20.5 Å². The fourth-order valence-electron chi connectivity index (χ4n) is 1.61. The molecule has 0 spiro atoms. The first-order chi connectivity index (χ1) is 7.07. The molecule has 0 aromatic carbocycles. The Morgan fingerprint density at radius 1 is 1.67 bits per heavy atom. The van der Waals surface area contributed by atoms with Crippen LogP contribution in [-0.2, 0) is 13.0 Å². The Morgan fingerprint density at radius 3 is 2.93 bits per heavy atom. The Labute approximate surface area is 91.4 Å². The van der Waals surface area contributed by atoms with Gasteiger partial charge in [-0.1, -0.05) is 6.08 Å². The average Bonchev–Trinajstić information content (AvgIpc) is 2.62. The van der Waals surface area contributed by atoms with E-state index >= 15 is 0 Å². The summed E-state index contributed by atoms with van der Waals surface area (Å²) < 4.78 is 1.87. The summed E-state index contributed by atoms with van der Waals surface area (Å²) in [5, 5.41) is 14.3. The van der Waals surface area contributed by atoms with E-state index in [1.165, 1.54) is 0 Å². The van der Waals surface area contributed by atoms with E-state index in [2.05, 4.69) is 11.7 Å². The minimum absolute atomic E-state index is 0.654. The average molecular weight is 208 g/mol. The molecule has 1 heterocycles. The highest BCUT2D eigenvalue weighted by atomic mass is 16.3. The second-order valence-electron chi connectivity index (χ2n) is 4.21. The van der Waals surface area contributed by atoms with E-state index in [9.17, 15) is 5.11 Å². The van der Waals surface area contributed by atoms with Gasteiger partial charge in [0, 0.05) is 19.2 Å². The minimum atomic E-state index is -0.657. The number of rotatable bonds is 6. The van der Waals surface area contributed by atoms with Crippen molar-refractivity contribution in [3.05, 3.63) is 30.6 Å². The van der Waals surface area contributed by atoms with Gasteiger partial charge in [-0.15, -0.1) is 6.58 Å². The van der Waals surface area contributed by atoms with Crippen LogP contribution in [0.3, 0.4) is 0 Å². The van der Waals surface area contributed by atoms with E-state index in [0.29, 0.717) is 6.42 Å². The molecule has 0 radical (unpaired) electrons. The molecule has 0 amide bonds. The molecule has 1 rings (SSSR count). The fourth-order valence-corrected chi connectivity index (χ4v) is 1.61. The predicted molar refractivity (Wildman–Crippen MR) is 61.7 cm³/mol. The zero-order chi connectivity index (χ0) is 11.3. The number of hydrogen-bond acceptors (Lipinski definition) is 2. The molecule has 0 fully saturated rings. The van der Waals surface area contributed by atoms with E-state index in [-0.39, 0.29) is 0 Å². The van der Waals surface area contributed by atoms with Crippen molar-refractivity contribution in [2.45, 2.75) is 45.3 Å². The highest BCUT2D eigenvalue weighted by Gasteiger charge is 2.20. The first-order valence-corrected chi connectivity index (χ1v) is 5.42. The molecule has 0 saturated carbocycles. The monoisotopic (exact) mass is 208 g/mol. The Morgan fingerprint density at radius 2 is 2.40 bits per heavy atom. The molecule has 1 N–H and O–H groups in total. The van der Waals surface area contributed by atoms with Crippen molar-refractivity contribution in [3.8, 4) is 0 Å². The third-order valence-electron chi connectivity index (χ3n) is 2.48. The standard InChI is InChI=1S/C12H20N2O/c1-4-6-7-12(3,15)8-11-9-13-14(5-2)10-11/h4,9-10,15H,1,5-8H2,2-3H3. The molecule has 3 heteroatoms. The predicted octanol–water partition coefficient (Wildman–Crippen LogP) is 2.16. The molecule has 0 aliphatic rings. The highest BCUT2D eigenvalue weighted by Crippen LogP contribution is 2.18. The Kier molecular flexibility index (Phi) is 4.09. The summed E-state index contributed by atoms with van der Waals surface area (Å²) in [6.45, 7) is 8.44. The summed E-state index contributed by atoms with van der Waals surface area (Å²) in [4.78, 5) is 0. The van der Waals surface area contributed by atoms with Gasteiger partial charge in [-0.3, -0.25) is 4.68 Å². The molecule has 0 bridgehead atoms. The van der Waals surface area contributed by atoms with Crippen LogP contribution in [0.5, 0.6) is 0 Å². The summed E-state index contributed by atoms with van der Waals surface area (Å²) in [7, 11) is 0. The van der Waals surface area contributed by atoms with Crippen LogP contribution < -0.4 is 0 Å². The summed E-state index contributed by atoms with van der Waals surface area (Å²) in [5.41, 5.74) is 0.432. The first-order valence-electron chi connectivity index (χ1n) is 5.42. The van der Waals surface area contributed by atoms with E-state index in [1.54, 1.807) is 0 Å². The van der Waals surface area contributed by atoms with E-state index in [0.717, 1.165) is 24.9 Å². The molecule has 1 atom stereocenters. The summed E-state index contributed by atoms with van der Waals surface area (Å²) in [6.07, 6.45) is 7.89. The maximum Gasteiger partial charge on any atom is 0.0664 e. The van der Waals surface area contributed by atoms with Gasteiger partial charge >= 0.3 is 0 Å². The molecule has 1 aromatic rings. The van der Waals surface area contributed by atoms with E-state index < -0.39 is 5.60 Å². The van der Waals surface area contributed by atoms with Crippen LogP contribution >= 0.6 is 0 Å². The lowest BCUT2D eigenvalue weighted by molar-refractivity contribution is 0.0523. The number of allylic oxidation sites excluding steroid dienone is 1. The fraction of sp³-hybridized carbons (Fsp3) is 0.583. The number of aliphatic hydroxyl groups is 1. The SMILES string of the molecule is C=CCCC(C)(O)Cc1cnn(CC)c1. The van der Waals surface area contributed by atoms with Gasteiger partial charge in [-0.05, 0) is 32.3 Å². The topological polar surface area (TPSA) is 38.1 Å².